The third-order valence-electron chi connectivity index (χ3n) is 11.8. The summed E-state index contributed by atoms with van der Waals surface area (Å²) < 4.78 is 45.2. The molecule has 2 aliphatic heterocycles. The van der Waals surface area contributed by atoms with Crippen molar-refractivity contribution < 1.29 is 28.5 Å². The summed E-state index contributed by atoms with van der Waals surface area (Å²) in [5.41, 5.74) is 4.14. The highest BCUT2D eigenvalue weighted by atomic mass is 19.1. The molecule has 2 atom stereocenters. The summed E-state index contributed by atoms with van der Waals surface area (Å²) in [6.07, 6.45) is 17.3. The fourth-order valence-electron chi connectivity index (χ4n) is 8.45. The number of benzene rings is 4. The van der Waals surface area contributed by atoms with Gasteiger partial charge in [-0.25, -0.2) is 38.1 Å². The van der Waals surface area contributed by atoms with Crippen LogP contribution in [0.4, 0.5) is 8.78 Å². The topological polar surface area (TPSA) is 156 Å². The molecule has 0 saturated carbocycles. The molecule has 4 aromatic heterocycles. The summed E-state index contributed by atoms with van der Waals surface area (Å²) >= 11 is 0. The standard InChI is InChI=1S/2C25H24FN5O2/c2*1-17-15-30(16-27-17)21-10-4-18(14-22(21)33-2)5-11-23-28-24-25(32,12-3-13-31(24)29-23)19-6-8-20(26)9-7-19/h2*4-11,14-16,32H,3,12-13H2,1-2H3/b2*11-5+/t2*25-/m10/s1. The molecular weight excluding hydrogens is 843 g/mol. The number of methoxy groups -OCH3 is 2. The van der Waals surface area contributed by atoms with Crippen LogP contribution in [-0.4, -0.2) is 73.1 Å². The molecule has 2 aliphatic rings. The fourth-order valence-corrected chi connectivity index (χ4v) is 8.45. The van der Waals surface area contributed by atoms with E-state index in [-0.39, 0.29) is 11.6 Å². The number of ether oxygens (including phenoxy) is 2. The van der Waals surface area contributed by atoms with E-state index in [1.807, 2.05) is 96.1 Å². The van der Waals surface area contributed by atoms with Crippen molar-refractivity contribution in [3.63, 3.8) is 0 Å². The van der Waals surface area contributed by atoms with Gasteiger partial charge in [0.15, 0.2) is 23.3 Å². The highest BCUT2D eigenvalue weighted by Crippen LogP contribution is 2.38. The summed E-state index contributed by atoms with van der Waals surface area (Å²) in [5, 5.41) is 31.9. The predicted molar refractivity (Wildman–Crippen MR) is 245 cm³/mol. The number of nitrogens with zero attached hydrogens (tertiary/aromatic N) is 10. The van der Waals surface area contributed by atoms with Crippen LogP contribution >= 0.6 is 0 Å². The van der Waals surface area contributed by atoms with Crippen molar-refractivity contribution in [2.75, 3.05) is 14.2 Å². The number of hydrogen-bond donors (Lipinski definition) is 2. The summed E-state index contributed by atoms with van der Waals surface area (Å²) in [6.45, 7) is 5.22. The van der Waals surface area contributed by atoms with Crippen molar-refractivity contribution in [3.05, 3.63) is 179 Å². The molecule has 66 heavy (non-hydrogen) atoms. The average molecular weight is 891 g/mol. The quantitative estimate of drug-likeness (QED) is 0.137. The molecule has 6 heterocycles. The van der Waals surface area contributed by atoms with E-state index in [1.54, 1.807) is 60.5 Å². The summed E-state index contributed by atoms with van der Waals surface area (Å²) in [6, 6.07) is 23.6. The van der Waals surface area contributed by atoms with Gasteiger partial charge in [0.1, 0.15) is 34.3 Å². The first-order valence-corrected chi connectivity index (χ1v) is 21.5. The lowest BCUT2D eigenvalue weighted by Gasteiger charge is -2.31. The SMILES string of the molecule is COc1cc(/C=C/c2nc3n(n2)CCC[C@@]3(O)c2ccc(F)cc2)ccc1-n1cnc(C)c1.COc1cc(/C=C/c2nc3n(n2)CCC[C@]3(O)c2ccc(F)cc2)ccc1-n1cnc(C)c1. The van der Waals surface area contributed by atoms with Gasteiger partial charge in [-0.2, -0.15) is 10.2 Å². The average Bonchev–Trinajstić information content (AvgIpc) is 4.16. The number of halogens is 2. The molecule has 0 bridgehead atoms. The van der Waals surface area contributed by atoms with E-state index in [0.29, 0.717) is 60.4 Å². The number of aliphatic hydroxyl groups is 2. The van der Waals surface area contributed by atoms with Gasteiger partial charge in [-0.05, 0) is 122 Å². The summed E-state index contributed by atoms with van der Waals surface area (Å²) in [5.74, 6) is 2.71. The predicted octanol–water partition coefficient (Wildman–Crippen LogP) is 8.24. The van der Waals surface area contributed by atoms with Crippen LogP contribution in [0.25, 0.3) is 35.7 Å². The van der Waals surface area contributed by atoms with E-state index in [2.05, 4.69) is 30.1 Å². The molecule has 2 N–H and O–H groups in total. The van der Waals surface area contributed by atoms with Crippen LogP contribution < -0.4 is 9.47 Å². The Balaban J connectivity index is 0.000000166. The lowest BCUT2D eigenvalue weighted by atomic mass is 9.86. The van der Waals surface area contributed by atoms with Gasteiger partial charge in [0.25, 0.3) is 0 Å². The van der Waals surface area contributed by atoms with E-state index in [1.165, 1.54) is 24.3 Å². The number of hydrogen-bond acceptors (Lipinski definition) is 10. The molecular formula is C50H48F2N10O4. The molecule has 14 nitrogen and oxygen atoms in total. The molecule has 4 aromatic carbocycles. The normalized spacial score (nSPS) is 17.9. The Hall–Kier alpha value is -7.56. The first-order valence-electron chi connectivity index (χ1n) is 21.5. The smallest absolute Gasteiger partial charge is 0.174 e. The molecule has 0 radical (unpaired) electrons. The molecule has 336 valence electrons. The van der Waals surface area contributed by atoms with Crippen molar-refractivity contribution in [2.45, 2.75) is 63.8 Å². The highest BCUT2D eigenvalue weighted by molar-refractivity contribution is 5.70. The minimum atomic E-state index is -1.29. The zero-order valence-electron chi connectivity index (χ0n) is 36.9. The van der Waals surface area contributed by atoms with Crippen LogP contribution in [0.1, 0.15) is 82.6 Å². The molecule has 0 unspecified atom stereocenters. The van der Waals surface area contributed by atoms with Gasteiger partial charge >= 0.3 is 0 Å². The van der Waals surface area contributed by atoms with E-state index in [4.69, 9.17) is 9.47 Å². The molecule has 0 aliphatic carbocycles. The molecule has 16 heteroatoms. The second-order valence-corrected chi connectivity index (χ2v) is 16.3. The van der Waals surface area contributed by atoms with Gasteiger partial charge in [0, 0.05) is 25.5 Å². The minimum absolute atomic E-state index is 0.340. The number of fused-ring (bicyclic) bond motifs is 2. The first-order chi connectivity index (χ1) is 31.9. The Bertz CT molecular complexity index is 2860. The van der Waals surface area contributed by atoms with Crippen LogP contribution in [0.15, 0.2) is 110 Å². The summed E-state index contributed by atoms with van der Waals surface area (Å²) in [4.78, 5) is 17.8. The van der Waals surface area contributed by atoms with Crippen LogP contribution in [0.3, 0.4) is 0 Å². The monoisotopic (exact) mass is 890 g/mol. The number of aryl methyl sites for hydroxylation is 4. The lowest BCUT2D eigenvalue weighted by molar-refractivity contribution is 0.0392. The van der Waals surface area contributed by atoms with Gasteiger partial charge in [0.2, 0.25) is 0 Å². The van der Waals surface area contributed by atoms with E-state index >= 15 is 0 Å². The Morgan fingerprint density at radius 1 is 0.576 bits per heavy atom. The largest absolute Gasteiger partial charge is 0.495 e. The van der Waals surface area contributed by atoms with Crippen LogP contribution in [-0.2, 0) is 24.3 Å². The number of imidazole rings is 2. The Morgan fingerprint density at radius 3 is 1.35 bits per heavy atom. The van der Waals surface area contributed by atoms with Crippen LogP contribution in [0, 0.1) is 25.5 Å². The maximum atomic E-state index is 13.4. The lowest BCUT2D eigenvalue weighted by Crippen LogP contribution is -2.35. The molecule has 8 aromatic rings. The van der Waals surface area contributed by atoms with E-state index in [9.17, 15) is 19.0 Å². The Kier molecular flexibility index (Phi) is 12.0. The van der Waals surface area contributed by atoms with Crippen LogP contribution in [0.5, 0.6) is 11.5 Å². The minimum Gasteiger partial charge on any atom is -0.495 e. The van der Waals surface area contributed by atoms with Gasteiger partial charge in [0.05, 0.1) is 49.6 Å². The molecule has 10 rings (SSSR count). The van der Waals surface area contributed by atoms with Crippen molar-refractivity contribution in [1.29, 1.82) is 0 Å². The molecule has 0 fully saturated rings. The zero-order chi connectivity index (χ0) is 46.0. The van der Waals surface area contributed by atoms with Crippen LogP contribution in [0.2, 0.25) is 0 Å². The van der Waals surface area contributed by atoms with Gasteiger partial charge < -0.3 is 28.8 Å². The molecule has 0 spiro atoms. The third-order valence-corrected chi connectivity index (χ3v) is 11.8. The highest BCUT2D eigenvalue weighted by Gasteiger charge is 2.40. The Labute approximate surface area is 379 Å². The van der Waals surface area contributed by atoms with Gasteiger partial charge in [-0.3, -0.25) is 0 Å². The third kappa shape index (κ3) is 8.80. The second-order valence-electron chi connectivity index (χ2n) is 16.3. The molecule has 0 amide bonds. The van der Waals surface area contributed by atoms with Gasteiger partial charge in [-0.1, -0.05) is 48.6 Å². The number of rotatable bonds is 10. The Morgan fingerprint density at radius 2 is 0.985 bits per heavy atom. The molecule has 0 saturated heterocycles. The van der Waals surface area contributed by atoms with Crippen molar-refractivity contribution >= 4 is 24.3 Å². The summed E-state index contributed by atoms with van der Waals surface area (Å²) in [7, 11) is 3.27. The van der Waals surface area contributed by atoms with Crippen molar-refractivity contribution in [3.8, 4) is 22.9 Å². The maximum absolute atomic E-state index is 13.4. The van der Waals surface area contributed by atoms with Gasteiger partial charge in [-0.15, -0.1) is 0 Å². The van der Waals surface area contributed by atoms with E-state index in [0.717, 1.165) is 58.2 Å². The second kappa shape index (κ2) is 18.1. The fraction of sp³-hybridized carbons (Fsp3) is 0.240. The first kappa shape index (κ1) is 43.7. The van der Waals surface area contributed by atoms with E-state index < -0.39 is 11.2 Å². The van der Waals surface area contributed by atoms with Crippen molar-refractivity contribution in [1.82, 2.24) is 48.6 Å². The number of aromatic nitrogens is 10. The zero-order valence-corrected chi connectivity index (χ0v) is 36.9. The van der Waals surface area contributed by atoms with Crippen molar-refractivity contribution in [2.24, 2.45) is 0 Å². The maximum Gasteiger partial charge on any atom is 0.174 e.